The third kappa shape index (κ3) is 7.34. The highest BCUT2D eigenvalue weighted by atomic mass is 35.5. The summed E-state index contributed by atoms with van der Waals surface area (Å²) in [6, 6.07) is 17.8. The highest BCUT2D eigenvalue weighted by molar-refractivity contribution is 6.31. The van der Waals surface area contributed by atoms with Crippen LogP contribution < -0.4 is 9.47 Å². The first-order valence-corrected chi connectivity index (χ1v) is 16.2. The molecule has 14 heteroatoms. The molecule has 0 spiro atoms. The summed E-state index contributed by atoms with van der Waals surface area (Å²) in [5.74, 6) is -4.19. The second kappa shape index (κ2) is 15.3. The van der Waals surface area contributed by atoms with Crippen molar-refractivity contribution in [2.24, 2.45) is 0 Å². The lowest BCUT2D eigenvalue weighted by Crippen LogP contribution is -2.14. The summed E-state index contributed by atoms with van der Waals surface area (Å²) in [7, 11) is 2.65. The molecule has 6 aromatic rings. The molecule has 0 atom stereocenters. The number of hydrogen-bond donors (Lipinski definition) is 2. The summed E-state index contributed by atoms with van der Waals surface area (Å²) in [5, 5.41) is 20.3. The first-order chi connectivity index (χ1) is 24.7. The molecule has 2 N–H and O–H groups in total. The zero-order valence-electron chi connectivity index (χ0n) is 28.1. The van der Waals surface area contributed by atoms with Crippen LogP contribution in [0.1, 0.15) is 43.2 Å². The van der Waals surface area contributed by atoms with Gasteiger partial charge >= 0.3 is 11.9 Å². The van der Waals surface area contributed by atoms with Gasteiger partial charge in [0, 0.05) is 55.5 Å². The molecule has 0 aliphatic carbocycles. The SMILES string of the molecule is COc1cc2c(CC(=O)O)c(C)n(C(=O)c3ccc(Cl)cc3)c2cc1F.COc1cc2c(CC(=O)O)c(C)n(C(=O)c3ccc(Cl)cc3)c2cc1F. The first-order valence-electron chi connectivity index (χ1n) is 15.5. The standard InChI is InChI=1S/2C19H15ClFNO4/c2*1-10-13(8-18(23)24)14-7-17(26-2)15(21)9-16(14)22(10)19(25)11-3-5-12(20)6-4-11/h2*3-7,9H,8H2,1-2H3,(H,23,24). The van der Waals surface area contributed by atoms with Gasteiger partial charge in [-0.3, -0.25) is 28.3 Å². The number of methoxy groups -OCH3 is 2. The molecule has 0 amide bonds. The maximum Gasteiger partial charge on any atom is 0.307 e. The van der Waals surface area contributed by atoms with Crippen molar-refractivity contribution in [3.63, 3.8) is 0 Å². The van der Waals surface area contributed by atoms with E-state index >= 15 is 0 Å². The number of benzene rings is 4. The van der Waals surface area contributed by atoms with E-state index in [1.165, 1.54) is 47.6 Å². The van der Waals surface area contributed by atoms with Crippen molar-refractivity contribution in [3.8, 4) is 11.5 Å². The third-order valence-electron chi connectivity index (χ3n) is 8.46. The summed E-state index contributed by atoms with van der Waals surface area (Å²) in [6.45, 7) is 3.27. The molecule has 52 heavy (non-hydrogen) atoms. The van der Waals surface area contributed by atoms with Gasteiger partial charge in [0.05, 0.1) is 38.1 Å². The van der Waals surface area contributed by atoms with Gasteiger partial charge in [-0.15, -0.1) is 0 Å². The molecule has 6 rings (SSSR count). The largest absolute Gasteiger partial charge is 0.494 e. The molecule has 0 saturated heterocycles. The number of aromatic nitrogens is 2. The van der Waals surface area contributed by atoms with Crippen LogP contribution in [0.3, 0.4) is 0 Å². The topological polar surface area (TPSA) is 137 Å². The van der Waals surface area contributed by atoms with Crippen molar-refractivity contribution < 1.29 is 47.6 Å². The van der Waals surface area contributed by atoms with Crippen molar-refractivity contribution in [2.75, 3.05) is 14.2 Å². The molecule has 2 aromatic heterocycles. The molecule has 268 valence electrons. The molecule has 0 unspecified atom stereocenters. The Labute approximate surface area is 305 Å². The fourth-order valence-corrected chi connectivity index (χ4v) is 6.24. The fourth-order valence-electron chi connectivity index (χ4n) is 5.99. The molecule has 10 nitrogen and oxygen atoms in total. The maximum atomic E-state index is 14.2. The van der Waals surface area contributed by atoms with Crippen LogP contribution >= 0.6 is 23.2 Å². The molecular weight excluding hydrogens is 721 g/mol. The Balaban J connectivity index is 0.000000201. The molecule has 4 aromatic carbocycles. The summed E-state index contributed by atoms with van der Waals surface area (Å²) >= 11 is 11.7. The monoisotopic (exact) mass is 750 g/mol. The highest BCUT2D eigenvalue weighted by Gasteiger charge is 2.25. The van der Waals surface area contributed by atoms with Crippen molar-refractivity contribution in [1.82, 2.24) is 9.13 Å². The molecule has 0 saturated carbocycles. The Kier molecular flexibility index (Phi) is 11.0. The number of ether oxygens (including phenoxy) is 2. The fraction of sp³-hybridized carbons (Fsp3) is 0.158. The van der Waals surface area contributed by atoms with Gasteiger partial charge in [0.1, 0.15) is 0 Å². The van der Waals surface area contributed by atoms with Gasteiger partial charge in [0.2, 0.25) is 0 Å². The summed E-state index contributed by atoms with van der Waals surface area (Å²) in [6.07, 6.45) is -0.587. The van der Waals surface area contributed by atoms with Gasteiger partial charge < -0.3 is 19.7 Å². The number of carbonyl (C=O) groups is 4. The maximum absolute atomic E-state index is 14.2. The second-order valence-corrected chi connectivity index (χ2v) is 12.4. The number of fused-ring (bicyclic) bond motifs is 2. The summed E-state index contributed by atoms with van der Waals surface area (Å²) in [4.78, 5) is 48.5. The smallest absolute Gasteiger partial charge is 0.307 e. The van der Waals surface area contributed by atoms with E-state index in [0.717, 1.165) is 0 Å². The third-order valence-corrected chi connectivity index (χ3v) is 8.97. The Bertz CT molecular complexity index is 2220. The number of carboxylic acids is 2. The Hall–Kier alpha value is -5.72. The Morgan fingerprint density at radius 3 is 1.23 bits per heavy atom. The number of rotatable bonds is 8. The van der Waals surface area contributed by atoms with Gasteiger partial charge in [-0.1, -0.05) is 23.2 Å². The van der Waals surface area contributed by atoms with Crippen LogP contribution in [-0.2, 0) is 22.4 Å². The first kappa shape index (κ1) is 37.5. The number of carbonyl (C=O) groups excluding carboxylic acids is 2. The van der Waals surface area contributed by atoms with Gasteiger partial charge in [-0.2, -0.15) is 0 Å². The van der Waals surface area contributed by atoms with Crippen molar-refractivity contribution in [2.45, 2.75) is 26.7 Å². The van der Waals surface area contributed by atoms with E-state index in [2.05, 4.69) is 0 Å². The van der Waals surface area contributed by atoms with Crippen LogP contribution in [0.25, 0.3) is 21.8 Å². The van der Waals surface area contributed by atoms with E-state index in [4.69, 9.17) is 32.7 Å². The van der Waals surface area contributed by atoms with Crippen molar-refractivity contribution in [1.29, 1.82) is 0 Å². The predicted octanol–water partition coefficient (Wildman–Crippen LogP) is 8.13. The molecule has 0 fully saturated rings. The van der Waals surface area contributed by atoms with Crippen LogP contribution in [0.15, 0.2) is 72.8 Å². The van der Waals surface area contributed by atoms with E-state index < -0.39 is 35.4 Å². The number of nitrogens with zero attached hydrogens (tertiary/aromatic N) is 2. The lowest BCUT2D eigenvalue weighted by Gasteiger charge is -2.08. The summed E-state index contributed by atoms with van der Waals surface area (Å²) in [5.41, 5.74) is 3.04. The van der Waals surface area contributed by atoms with Crippen molar-refractivity contribution in [3.05, 3.63) is 128 Å². The van der Waals surface area contributed by atoms with E-state index in [1.54, 1.807) is 62.4 Å². The molecule has 2 heterocycles. The molecule has 0 bridgehead atoms. The molecule has 0 aliphatic rings. The minimum atomic E-state index is -1.05. The van der Waals surface area contributed by atoms with Crippen LogP contribution in [0.4, 0.5) is 8.78 Å². The van der Waals surface area contributed by atoms with Gasteiger partial charge in [-0.05, 0) is 85.6 Å². The van der Waals surface area contributed by atoms with E-state index in [9.17, 15) is 38.2 Å². The zero-order chi connectivity index (χ0) is 38.0. The molecule has 0 aliphatic heterocycles. The average molecular weight is 752 g/mol. The minimum absolute atomic E-state index is 0.0137. The molecule has 0 radical (unpaired) electrons. The number of carboxylic acid groups (broad SMARTS) is 2. The van der Waals surface area contributed by atoms with Crippen molar-refractivity contribution >= 4 is 68.8 Å². The van der Waals surface area contributed by atoms with E-state index in [0.29, 0.717) is 54.5 Å². The second-order valence-electron chi connectivity index (χ2n) is 11.6. The van der Waals surface area contributed by atoms with Crippen LogP contribution in [-0.4, -0.2) is 57.3 Å². The van der Waals surface area contributed by atoms with Crippen LogP contribution in [0.2, 0.25) is 10.0 Å². The highest BCUT2D eigenvalue weighted by Crippen LogP contribution is 2.34. The van der Waals surface area contributed by atoms with E-state index in [1.807, 2.05) is 0 Å². The number of aliphatic carboxylic acids is 2. The van der Waals surface area contributed by atoms with Gasteiger partial charge in [0.15, 0.2) is 23.1 Å². The Morgan fingerprint density at radius 1 is 0.615 bits per heavy atom. The Morgan fingerprint density at radius 2 is 0.942 bits per heavy atom. The molecular formula is C38H30Cl2F2N2O8. The van der Waals surface area contributed by atoms with Gasteiger partial charge in [0.25, 0.3) is 11.8 Å². The average Bonchev–Trinajstić information content (AvgIpc) is 3.51. The lowest BCUT2D eigenvalue weighted by molar-refractivity contribution is -0.137. The van der Waals surface area contributed by atoms with Gasteiger partial charge in [-0.25, -0.2) is 8.78 Å². The lowest BCUT2D eigenvalue weighted by atomic mass is 10.1. The minimum Gasteiger partial charge on any atom is -0.494 e. The normalized spacial score (nSPS) is 10.9. The summed E-state index contributed by atoms with van der Waals surface area (Å²) < 4.78 is 41.1. The zero-order valence-corrected chi connectivity index (χ0v) is 29.6. The number of halogens is 4. The quantitative estimate of drug-likeness (QED) is 0.159. The predicted molar refractivity (Wildman–Crippen MR) is 191 cm³/mol. The van der Waals surface area contributed by atoms with E-state index in [-0.39, 0.29) is 35.4 Å². The van der Waals surface area contributed by atoms with Crippen LogP contribution in [0, 0.1) is 25.5 Å². The number of hydrogen-bond acceptors (Lipinski definition) is 6. The van der Waals surface area contributed by atoms with Crippen LogP contribution in [0.5, 0.6) is 11.5 Å².